The van der Waals surface area contributed by atoms with E-state index in [1.54, 1.807) is 0 Å². The number of hydrazine groups is 1. The van der Waals surface area contributed by atoms with Gasteiger partial charge in [-0.25, -0.2) is 0 Å². The molecule has 0 heterocycles. The topological polar surface area (TPSA) is 38.0 Å². The van der Waals surface area contributed by atoms with Crippen LogP contribution >= 0.6 is 34.2 Å². The molecule has 1 aliphatic carbocycles. The van der Waals surface area contributed by atoms with E-state index in [4.69, 9.17) is 17.4 Å². The van der Waals surface area contributed by atoms with E-state index < -0.39 is 0 Å². The predicted octanol–water partition coefficient (Wildman–Crippen LogP) is 3.25. The van der Waals surface area contributed by atoms with Crippen LogP contribution in [0.15, 0.2) is 18.2 Å². The second-order valence-corrected chi connectivity index (χ2v) is 5.66. The van der Waals surface area contributed by atoms with Crippen molar-refractivity contribution >= 4 is 34.2 Å². The number of benzene rings is 1. The van der Waals surface area contributed by atoms with Crippen molar-refractivity contribution in [3.63, 3.8) is 0 Å². The minimum absolute atomic E-state index is 0.239. The fourth-order valence-electron chi connectivity index (χ4n) is 1.75. The molecule has 1 fully saturated rings. The van der Waals surface area contributed by atoms with Crippen molar-refractivity contribution in [1.29, 1.82) is 0 Å². The van der Waals surface area contributed by atoms with Gasteiger partial charge < -0.3 is 0 Å². The molecule has 4 heteroatoms. The molecule has 1 unspecified atom stereocenters. The molecule has 1 aromatic rings. The van der Waals surface area contributed by atoms with E-state index in [0.717, 1.165) is 17.4 Å². The first-order valence-electron chi connectivity index (χ1n) is 5.12. The molecular formula is C11H14ClIN2. The van der Waals surface area contributed by atoms with E-state index >= 15 is 0 Å². The van der Waals surface area contributed by atoms with Crippen molar-refractivity contribution in [2.24, 2.45) is 11.8 Å². The summed E-state index contributed by atoms with van der Waals surface area (Å²) in [7, 11) is 0. The lowest BCUT2D eigenvalue weighted by atomic mass is 10.0. The number of nitrogens with two attached hydrogens (primary N) is 1. The van der Waals surface area contributed by atoms with Crippen molar-refractivity contribution in [3.8, 4) is 0 Å². The molecule has 15 heavy (non-hydrogen) atoms. The Morgan fingerprint density at radius 1 is 1.53 bits per heavy atom. The monoisotopic (exact) mass is 336 g/mol. The average Bonchev–Trinajstić information content (AvgIpc) is 3.02. The highest BCUT2D eigenvalue weighted by Gasteiger charge is 2.26. The van der Waals surface area contributed by atoms with Gasteiger partial charge in [-0.05, 0) is 58.7 Å². The first kappa shape index (κ1) is 11.6. The predicted molar refractivity (Wildman–Crippen MR) is 71.6 cm³/mol. The molecule has 0 aromatic heterocycles. The molecule has 0 spiro atoms. The van der Waals surface area contributed by atoms with E-state index in [9.17, 15) is 0 Å². The lowest BCUT2D eigenvalue weighted by Crippen LogP contribution is -2.29. The lowest BCUT2D eigenvalue weighted by molar-refractivity contribution is 0.485. The van der Waals surface area contributed by atoms with Gasteiger partial charge >= 0.3 is 0 Å². The Morgan fingerprint density at radius 3 is 2.87 bits per heavy atom. The smallest absolute Gasteiger partial charge is 0.0473 e. The summed E-state index contributed by atoms with van der Waals surface area (Å²) < 4.78 is 1.22. The van der Waals surface area contributed by atoms with Crippen LogP contribution in [0.5, 0.6) is 0 Å². The fourth-order valence-corrected chi connectivity index (χ4v) is 2.65. The maximum absolute atomic E-state index is 6.00. The van der Waals surface area contributed by atoms with Crippen LogP contribution in [-0.4, -0.2) is 0 Å². The van der Waals surface area contributed by atoms with Crippen molar-refractivity contribution in [1.82, 2.24) is 5.43 Å². The zero-order chi connectivity index (χ0) is 10.8. The van der Waals surface area contributed by atoms with Crippen LogP contribution in [0.3, 0.4) is 0 Å². The second-order valence-electron chi connectivity index (χ2n) is 4.06. The van der Waals surface area contributed by atoms with E-state index in [0.29, 0.717) is 0 Å². The van der Waals surface area contributed by atoms with Crippen molar-refractivity contribution in [3.05, 3.63) is 32.4 Å². The molecule has 1 aliphatic rings. The summed E-state index contributed by atoms with van der Waals surface area (Å²) in [6.45, 7) is 0. The highest BCUT2D eigenvalue weighted by molar-refractivity contribution is 14.1. The highest BCUT2D eigenvalue weighted by Crippen LogP contribution is 2.38. The van der Waals surface area contributed by atoms with Gasteiger partial charge in [0, 0.05) is 14.6 Å². The molecule has 0 saturated heterocycles. The van der Waals surface area contributed by atoms with Crippen molar-refractivity contribution in [2.75, 3.05) is 0 Å². The zero-order valence-corrected chi connectivity index (χ0v) is 11.3. The Balaban J connectivity index is 2.19. The summed E-state index contributed by atoms with van der Waals surface area (Å²) in [6, 6.07) is 6.20. The van der Waals surface area contributed by atoms with E-state index in [1.165, 1.54) is 22.0 Å². The maximum atomic E-state index is 6.00. The summed E-state index contributed by atoms with van der Waals surface area (Å²) >= 11 is 8.33. The van der Waals surface area contributed by atoms with Gasteiger partial charge in [0.05, 0.1) is 0 Å². The SMILES string of the molecule is NNC(CC1CC1)c1cc(Cl)ccc1I. The maximum Gasteiger partial charge on any atom is 0.0473 e. The number of nitrogens with one attached hydrogen (secondary N) is 1. The first-order chi connectivity index (χ1) is 7.20. The lowest BCUT2D eigenvalue weighted by Gasteiger charge is -2.17. The molecule has 82 valence electrons. The summed E-state index contributed by atoms with van der Waals surface area (Å²) in [5, 5.41) is 0.779. The third-order valence-corrected chi connectivity index (χ3v) is 4.02. The Labute approximate surface area is 109 Å². The van der Waals surface area contributed by atoms with Gasteiger partial charge in [-0.3, -0.25) is 11.3 Å². The molecule has 1 atom stereocenters. The van der Waals surface area contributed by atoms with Gasteiger partial charge in [-0.2, -0.15) is 0 Å². The van der Waals surface area contributed by atoms with Crippen LogP contribution in [0.25, 0.3) is 0 Å². The minimum atomic E-state index is 0.239. The van der Waals surface area contributed by atoms with Gasteiger partial charge in [0.15, 0.2) is 0 Å². The zero-order valence-electron chi connectivity index (χ0n) is 8.34. The third kappa shape index (κ3) is 3.06. The average molecular weight is 337 g/mol. The van der Waals surface area contributed by atoms with E-state index in [1.807, 2.05) is 18.2 Å². The van der Waals surface area contributed by atoms with E-state index in [-0.39, 0.29) is 6.04 Å². The molecule has 0 aliphatic heterocycles. The molecule has 0 bridgehead atoms. The largest absolute Gasteiger partial charge is 0.271 e. The first-order valence-corrected chi connectivity index (χ1v) is 6.57. The Hall–Kier alpha value is 0.160. The summed E-state index contributed by atoms with van der Waals surface area (Å²) in [5.41, 5.74) is 4.11. The molecule has 0 radical (unpaired) electrons. The van der Waals surface area contributed by atoms with Crippen LogP contribution in [-0.2, 0) is 0 Å². The number of hydrogen-bond donors (Lipinski definition) is 2. The molecular weight excluding hydrogens is 322 g/mol. The van der Waals surface area contributed by atoms with Crippen LogP contribution in [0.1, 0.15) is 30.9 Å². The summed E-state index contributed by atoms with van der Waals surface area (Å²) in [4.78, 5) is 0. The van der Waals surface area contributed by atoms with Crippen LogP contribution < -0.4 is 11.3 Å². The van der Waals surface area contributed by atoms with Crippen LogP contribution in [0.2, 0.25) is 5.02 Å². The van der Waals surface area contributed by atoms with Gasteiger partial charge in [0.25, 0.3) is 0 Å². The van der Waals surface area contributed by atoms with Crippen LogP contribution in [0.4, 0.5) is 0 Å². The highest BCUT2D eigenvalue weighted by atomic mass is 127. The van der Waals surface area contributed by atoms with Gasteiger partial charge in [-0.15, -0.1) is 0 Å². The minimum Gasteiger partial charge on any atom is -0.271 e. The second kappa shape index (κ2) is 4.99. The molecule has 0 amide bonds. The van der Waals surface area contributed by atoms with Crippen LogP contribution in [0, 0.1) is 9.49 Å². The molecule has 2 nitrogen and oxygen atoms in total. The normalized spacial score (nSPS) is 17.8. The van der Waals surface area contributed by atoms with Gasteiger partial charge in [0.1, 0.15) is 0 Å². The molecule has 1 saturated carbocycles. The number of rotatable bonds is 4. The Kier molecular flexibility index (Phi) is 3.88. The Morgan fingerprint density at radius 2 is 2.27 bits per heavy atom. The summed E-state index contributed by atoms with van der Waals surface area (Å²) in [5.74, 6) is 6.45. The van der Waals surface area contributed by atoms with Crippen molar-refractivity contribution in [2.45, 2.75) is 25.3 Å². The molecule has 1 aromatic carbocycles. The molecule has 3 N–H and O–H groups in total. The van der Waals surface area contributed by atoms with Crippen molar-refractivity contribution < 1.29 is 0 Å². The van der Waals surface area contributed by atoms with Gasteiger partial charge in [0.2, 0.25) is 0 Å². The molecule has 2 rings (SSSR count). The number of halogens is 2. The van der Waals surface area contributed by atoms with E-state index in [2.05, 4.69) is 28.0 Å². The quantitative estimate of drug-likeness (QED) is 0.503. The van der Waals surface area contributed by atoms with Gasteiger partial charge in [-0.1, -0.05) is 24.4 Å². The Bertz CT molecular complexity index is 352. The third-order valence-electron chi connectivity index (χ3n) is 2.80. The fraction of sp³-hybridized carbons (Fsp3) is 0.455. The summed E-state index contributed by atoms with van der Waals surface area (Å²) in [6.07, 6.45) is 3.80. The number of hydrogen-bond acceptors (Lipinski definition) is 2. The standard InChI is InChI=1S/C11H14ClIN2/c12-8-3-4-10(13)9(6-8)11(15-14)5-7-1-2-7/h3-4,6-7,11,15H,1-2,5,14H2.